The number of anilines is 1. The fourth-order valence-electron chi connectivity index (χ4n) is 1.67. The minimum atomic E-state index is -0.923. The molecular formula is C10H15N3O3S. The minimum Gasteiger partial charge on any atom is -0.479 e. The zero-order chi connectivity index (χ0) is 12.3. The number of nitrogens with zero attached hydrogens (tertiary/aromatic N) is 3. The highest BCUT2D eigenvalue weighted by Gasteiger charge is 2.27. The van der Waals surface area contributed by atoms with Gasteiger partial charge >= 0.3 is 5.97 Å². The predicted octanol–water partition coefficient (Wildman–Crippen LogP) is 0.780. The van der Waals surface area contributed by atoms with Crippen LogP contribution in [-0.4, -0.2) is 46.2 Å². The molecule has 1 aromatic rings. The van der Waals surface area contributed by atoms with Gasteiger partial charge < -0.3 is 14.7 Å². The fourth-order valence-corrected chi connectivity index (χ4v) is 2.42. The van der Waals surface area contributed by atoms with Crippen molar-refractivity contribution >= 4 is 22.6 Å². The highest BCUT2D eigenvalue weighted by Crippen LogP contribution is 2.20. The van der Waals surface area contributed by atoms with Crippen LogP contribution in [0.2, 0.25) is 0 Å². The Morgan fingerprint density at radius 1 is 1.71 bits per heavy atom. The van der Waals surface area contributed by atoms with Crippen LogP contribution in [0.1, 0.15) is 19.2 Å². The molecule has 1 aromatic heterocycles. The predicted molar refractivity (Wildman–Crippen MR) is 63.5 cm³/mol. The summed E-state index contributed by atoms with van der Waals surface area (Å²) in [4.78, 5) is 17.2. The molecule has 0 saturated carbocycles. The zero-order valence-electron chi connectivity index (χ0n) is 9.63. The van der Waals surface area contributed by atoms with Crippen molar-refractivity contribution in [2.75, 3.05) is 24.6 Å². The van der Waals surface area contributed by atoms with E-state index in [9.17, 15) is 4.79 Å². The van der Waals surface area contributed by atoms with Crippen molar-refractivity contribution in [2.24, 2.45) is 0 Å². The van der Waals surface area contributed by atoms with Crippen molar-refractivity contribution in [3.05, 3.63) is 5.82 Å². The van der Waals surface area contributed by atoms with E-state index in [1.165, 1.54) is 11.5 Å². The van der Waals surface area contributed by atoms with Gasteiger partial charge in [-0.1, -0.05) is 6.92 Å². The van der Waals surface area contributed by atoms with E-state index in [0.29, 0.717) is 19.7 Å². The van der Waals surface area contributed by atoms with Crippen LogP contribution < -0.4 is 4.90 Å². The average Bonchev–Trinajstić information content (AvgIpc) is 2.78. The number of carbonyl (C=O) groups is 1. The molecule has 0 aliphatic carbocycles. The molecule has 1 atom stereocenters. The first kappa shape index (κ1) is 12.3. The molecule has 0 bridgehead atoms. The Balaban J connectivity index is 2.02. The summed E-state index contributed by atoms with van der Waals surface area (Å²) in [5.41, 5.74) is 0. The Kier molecular flexibility index (Phi) is 3.90. The molecular weight excluding hydrogens is 242 g/mol. The summed E-state index contributed by atoms with van der Waals surface area (Å²) in [5, 5.41) is 9.70. The minimum absolute atomic E-state index is 0.343. The average molecular weight is 257 g/mol. The third kappa shape index (κ3) is 2.92. The molecule has 2 heterocycles. The largest absolute Gasteiger partial charge is 0.479 e. The molecule has 94 valence electrons. The lowest BCUT2D eigenvalue weighted by Gasteiger charge is -2.30. The van der Waals surface area contributed by atoms with Gasteiger partial charge in [-0.25, -0.2) is 9.78 Å². The highest BCUT2D eigenvalue weighted by atomic mass is 32.1. The first-order valence-corrected chi connectivity index (χ1v) is 6.40. The molecule has 1 aliphatic heterocycles. The quantitative estimate of drug-likeness (QED) is 0.859. The Hall–Kier alpha value is -1.21. The van der Waals surface area contributed by atoms with Crippen molar-refractivity contribution in [3.8, 4) is 0 Å². The Morgan fingerprint density at radius 2 is 2.53 bits per heavy atom. The van der Waals surface area contributed by atoms with Crippen LogP contribution in [0.4, 0.5) is 5.13 Å². The third-order valence-electron chi connectivity index (χ3n) is 2.54. The lowest BCUT2D eigenvalue weighted by atomic mass is 10.3. The standard InChI is InChI=1S/C10H15N3O3S/c1-2-3-8-11-10(17-12-8)13-4-5-16-7(6-13)9(14)15/h7H,2-6H2,1H3,(H,14,15). The molecule has 7 heteroatoms. The zero-order valence-corrected chi connectivity index (χ0v) is 10.4. The van der Waals surface area contributed by atoms with E-state index in [4.69, 9.17) is 9.84 Å². The summed E-state index contributed by atoms with van der Waals surface area (Å²) in [5.74, 6) is -0.0844. The monoisotopic (exact) mass is 257 g/mol. The number of aromatic nitrogens is 2. The Labute approximate surface area is 103 Å². The molecule has 1 unspecified atom stereocenters. The van der Waals surface area contributed by atoms with Crippen LogP contribution >= 0.6 is 11.5 Å². The first-order chi connectivity index (χ1) is 8.20. The maximum atomic E-state index is 10.9. The van der Waals surface area contributed by atoms with Gasteiger partial charge in [-0.15, -0.1) is 0 Å². The summed E-state index contributed by atoms with van der Waals surface area (Å²) < 4.78 is 9.41. The number of aryl methyl sites for hydroxylation is 1. The summed E-state index contributed by atoms with van der Waals surface area (Å²) in [7, 11) is 0. The van der Waals surface area contributed by atoms with Crippen molar-refractivity contribution in [1.29, 1.82) is 0 Å². The smallest absolute Gasteiger partial charge is 0.334 e. The summed E-state index contributed by atoms with van der Waals surface area (Å²) in [6.45, 7) is 3.51. The van der Waals surface area contributed by atoms with Crippen molar-refractivity contribution in [2.45, 2.75) is 25.9 Å². The lowest BCUT2D eigenvalue weighted by Crippen LogP contribution is -2.46. The SMILES string of the molecule is CCCc1nsc(N2CCOC(C(=O)O)C2)n1. The van der Waals surface area contributed by atoms with E-state index < -0.39 is 12.1 Å². The van der Waals surface area contributed by atoms with E-state index >= 15 is 0 Å². The van der Waals surface area contributed by atoms with Gasteiger partial charge in [0.25, 0.3) is 0 Å². The summed E-state index contributed by atoms with van der Waals surface area (Å²) >= 11 is 1.33. The van der Waals surface area contributed by atoms with Gasteiger partial charge in [0.2, 0.25) is 5.13 Å². The molecule has 2 rings (SSSR count). The van der Waals surface area contributed by atoms with Gasteiger partial charge in [-0.3, -0.25) is 0 Å². The van der Waals surface area contributed by atoms with Crippen molar-refractivity contribution < 1.29 is 14.6 Å². The number of hydrogen-bond acceptors (Lipinski definition) is 6. The molecule has 1 N–H and O–H groups in total. The maximum absolute atomic E-state index is 10.9. The number of carboxylic acid groups (broad SMARTS) is 1. The molecule has 0 aromatic carbocycles. The van der Waals surface area contributed by atoms with Crippen LogP contribution in [0.3, 0.4) is 0 Å². The topological polar surface area (TPSA) is 75.6 Å². The Morgan fingerprint density at radius 3 is 3.24 bits per heavy atom. The van der Waals surface area contributed by atoms with Crippen LogP contribution in [-0.2, 0) is 16.0 Å². The summed E-state index contributed by atoms with van der Waals surface area (Å²) in [6, 6.07) is 0. The van der Waals surface area contributed by atoms with Crippen LogP contribution in [0.25, 0.3) is 0 Å². The molecule has 17 heavy (non-hydrogen) atoms. The van der Waals surface area contributed by atoms with E-state index in [0.717, 1.165) is 23.8 Å². The second-order valence-electron chi connectivity index (χ2n) is 3.89. The number of rotatable bonds is 4. The second-order valence-corrected chi connectivity index (χ2v) is 4.62. The van der Waals surface area contributed by atoms with Gasteiger partial charge in [0.05, 0.1) is 13.2 Å². The van der Waals surface area contributed by atoms with Gasteiger partial charge in [0.1, 0.15) is 5.82 Å². The van der Waals surface area contributed by atoms with E-state index in [-0.39, 0.29) is 0 Å². The lowest BCUT2D eigenvalue weighted by molar-refractivity contribution is -0.150. The number of ether oxygens (including phenoxy) is 1. The second kappa shape index (κ2) is 5.42. The number of carboxylic acids is 1. The summed E-state index contributed by atoms with van der Waals surface area (Å²) in [6.07, 6.45) is 1.11. The highest BCUT2D eigenvalue weighted by molar-refractivity contribution is 7.09. The number of aliphatic carboxylic acids is 1. The Bertz CT molecular complexity index is 396. The van der Waals surface area contributed by atoms with E-state index in [2.05, 4.69) is 16.3 Å². The number of hydrogen-bond donors (Lipinski definition) is 1. The molecule has 1 aliphatic rings. The fraction of sp³-hybridized carbons (Fsp3) is 0.700. The molecule has 0 amide bonds. The molecule has 0 spiro atoms. The molecule has 0 radical (unpaired) electrons. The molecule has 6 nitrogen and oxygen atoms in total. The normalized spacial score (nSPS) is 20.5. The van der Waals surface area contributed by atoms with Crippen molar-refractivity contribution in [1.82, 2.24) is 9.36 Å². The van der Waals surface area contributed by atoms with E-state index in [1.807, 2.05) is 4.90 Å². The number of morpholine rings is 1. The van der Waals surface area contributed by atoms with Crippen LogP contribution in [0.15, 0.2) is 0 Å². The van der Waals surface area contributed by atoms with Gasteiger partial charge in [0, 0.05) is 24.5 Å². The van der Waals surface area contributed by atoms with Gasteiger partial charge in [-0.05, 0) is 6.42 Å². The van der Waals surface area contributed by atoms with E-state index in [1.54, 1.807) is 0 Å². The third-order valence-corrected chi connectivity index (χ3v) is 3.36. The van der Waals surface area contributed by atoms with Crippen LogP contribution in [0.5, 0.6) is 0 Å². The maximum Gasteiger partial charge on any atom is 0.334 e. The van der Waals surface area contributed by atoms with Gasteiger partial charge in [-0.2, -0.15) is 4.37 Å². The first-order valence-electron chi connectivity index (χ1n) is 5.62. The van der Waals surface area contributed by atoms with Gasteiger partial charge in [0.15, 0.2) is 6.10 Å². The molecule has 1 saturated heterocycles. The van der Waals surface area contributed by atoms with Crippen LogP contribution in [0, 0.1) is 0 Å². The van der Waals surface area contributed by atoms with Crippen molar-refractivity contribution in [3.63, 3.8) is 0 Å². The molecule has 1 fully saturated rings.